The molecule has 18 heavy (non-hydrogen) atoms. The van der Waals surface area contributed by atoms with E-state index in [0.717, 1.165) is 19.0 Å². The van der Waals surface area contributed by atoms with E-state index in [9.17, 15) is 8.78 Å². The van der Waals surface area contributed by atoms with E-state index in [1.54, 1.807) is 4.57 Å². The number of hydrogen-bond acceptors (Lipinski definition) is 3. The molecule has 0 spiro atoms. The van der Waals surface area contributed by atoms with Gasteiger partial charge >= 0.3 is 0 Å². The molecule has 6 heteroatoms. The second-order valence-corrected chi connectivity index (χ2v) is 4.53. The third kappa shape index (κ3) is 2.43. The SMILES string of the molecule is CN(C)CCCn1c(N)nc2c(F)cc(F)cc21. The van der Waals surface area contributed by atoms with E-state index in [1.165, 1.54) is 6.07 Å². The number of benzene rings is 1. The summed E-state index contributed by atoms with van der Waals surface area (Å²) >= 11 is 0. The molecule has 2 rings (SSSR count). The Morgan fingerprint density at radius 3 is 2.72 bits per heavy atom. The lowest BCUT2D eigenvalue weighted by Crippen LogP contribution is -2.15. The molecule has 0 fully saturated rings. The maximum atomic E-state index is 13.5. The molecule has 2 N–H and O–H groups in total. The number of nitrogen functional groups attached to an aromatic ring is 1. The molecular formula is C12H16F2N4. The summed E-state index contributed by atoms with van der Waals surface area (Å²) in [4.78, 5) is 5.98. The molecule has 1 aromatic carbocycles. The fourth-order valence-electron chi connectivity index (χ4n) is 1.95. The molecule has 1 aromatic heterocycles. The number of imidazole rings is 1. The van der Waals surface area contributed by atoms with Crippen molar-refractivity contribution in [1.82, 2.24) is 14.5 Å². The number of aryl methyl sites for hydroxylation is 1. The van der Waals surface area contributed by atoms with E-state index in [-0.39, 0.29) is 11.5 Å². The van der Waals surface area contributed by atoms with Crippen molar-refractivity contribution in [3.63, 3.8) is 0 Å². The highest BCUT2D eigenvalue weighted by molar-refractivity contribution is 5.79. The third-order valence-electron chi connectivity index (χ3n) is 2.79. The first-order chi connectivity index (χ1) is 8.49. The lowest BCUT2D eigenvalue weighted by Gasteiger charge is -2.10. The molecule has 0 amide bonds. The van der Waals surface area contributed by atoms with Gasteiger partial charge in [0.1, 0.15) is 11.3 Å². The van der Waals surface area contributed by atoms with Crippen molar-refractivity contribution in [1.29, 1.82) is 0 Å². The molecule has 0 aliphatic heterocycles. The van der Waals surface area contributed by atoms with Gasteiger partial charge < -0.3 is 15.2 Å². The van der Waals surface area contributed by atoms with Crippen LogP contribution in [0.15, 0.2) is 12.1 Å². The molecule has 0 atom stereocenters. The minimum absolute atomic E-state index is 0.124. The number of rotatable bonds is 4. The van der Waals surface area contributed by atoms with Crippen LogP contribution in [0.2, 0.25) is 0 Å². The van der Waals surface area contributed by atoms with E-state index >= 15 is 0 Å². The quantitative estimate of drug-likeness (QED) is 0.905. The number of nitrogens with zero attached hydrogens (tertiary/aromatic N) is 3. The highest BCUT2D eigenvalue weighted by Crippen LogP contribution is 2.22. The van der Waals surface area contributed by atoms with Crippen LogP contribution in [0.4, 0.5) is 14.7 Å². The molecule has 0 saturated carbocycles. The van der Waals surface area contributed by atoms with Crippen molar-refractivity contribution in [2.24, 2.45) is 0 Å². The van der Waals surface area contributed by atoms with Gasteiger partial charge in [0, 0.05) is 18.7 Å². The van der Waals surface area contributed by atoms with Crippen molar-refractivity contribution in [2.75, 3.05) is 26.4 Å². The first-order valence-electron chi connectivity index (χ1n) is 5.74. The van der Waals surface area contributed by atoms with Gasteiger partial charge in [-0.25, -0.2) is 13.8 Å². The highest BCUT2D eigenvalue weighted by atomic mass is 19.1. The molecule has 0 saturated heterocycles. The first kappa shape index (κ1) is 12.8. The zero-order valence-corrected chi connectivity index (χ0v) is 10.5. The monoisotopic (exact) mass is 254 g/mol. The highest BCUT2D eigenvalue weighted by Gasteiger charge is 2.13. The summed E-state index contributed by atoms with van der Waals surface area (Å²) in [6.07, 6.45) is 0.834. The molecular weight excluding hydrogens is 238 g/mol. The Kier molecular flexibility index (Phi) is 3.47. The van der Waals surface area contributed by atoms with Crippen molar-refractivity contribution < 1.29 is 8.78 Å². The summed E-state index contributed by atoms with van der Waals surface area (Å²) in [5.74, 6) is -1.08. The smallest absolute Gasteiger partial charge is 0.201 e. The van der Waals surface area contributed by atoms with Gasteiger partial charge in [-0.2, -0.15) is 0 Å². The van der Waals surface area contributed by atoms with Gasteiger partial charge in [-0.3, -0.25) is 0 Å². The van der Waals surface area contributed by atoms with Crippen LogP contribution in [0.3, 0.4) is 0 Å². The minimum Gasteiger partial charge on any atom is -0.369 e. The number of anilines is 1. The van der Waals surface area contributed by atoms with Gasteiger partial charge in [0.25, 0.3) is 0 Å². The fourth-order valence-corrected chi connectivity index (χ4v) is 1.95. The minimum atomic E-state index is -0.678. The first-order valence-corrected chi connectivity index (χ1v) is 5.74. The summed E-state index contributed by atoms with van der Waals surface area (Å²) in [7, 11) is 3.93. The van der Waals surface area contributed by atoms with Gasteiger partial charge in [0.2, 0.25) is 5.95 Å². The van der Waals surface area contributed by atoms with Gasteiger partial charge in [0.15, 0.2) is 5.82 Å². The topological polar surface area (TPSA) is 47.1 Å². The van der Waals surface area contributed by atoms with E-state index in [0.29, 0.717) is 12.1 Å². The summed E-state index contributed by atoms with van der Waals surface area (Å²) in [6.45, 7) is 1.46. The van der Waals surface area contributed by atoms with E-state index in [4.69, 9.17) is 5.73 Å². The molecule has 2 aromatic rings. The number of halogens is 2. The van der Waals surface area contributed by atoms with E-state index in [1.807, 2.05) is 19.0 Å². The molecule has 1 heterocycles. The van der Waals surface area contributed by atoms with Crippen LogP contribution < -0.4 is 5.73 Å². The Bertz CT molecular complexity index is 563. The second-order valence-electron chi connectivity index (χ2n) is 4.53. The van der Waals surface area contributed by atoms with Crippen LogP contribution in [0, 0.1) is 11.6 Å². The molecule has 0 radical (unpaired) electrons. The van der Waals surface area contributed by atoms with Crippen LogP contribution >= 0.6 is 0 Å². The van der Waals surface area contributed by atoms with Gasteiger partial charge in [0.05, 0.1) is 5.52 Å². The summed E-state index contributed by atoms with van der Waals surface area (Å²) in [5.41, 5.74) is 6.27. The molecule has 0 bridgehead atoms. The number of hydrogen-bond donors (Lipinski definition) is 1. The predicted octanol–water partition coefficient (Wildman–Crippen LogP) is 1.85. The van der Waals surface area contributed by atoms with Gasteiger partial charge in [-0.1, -0.05) is 0 Å². The Morgan fingerprint density at radius 2 is 2.06 bits per heavy atom. The van der Waals surface area contributed by atoms with Gasteiger partial charge in [-0.05, 0) is 27.1 Å². The maximum Gasteiger partial charge on any atom is 0.201 e. The molecule has 98 valence electrons. The van der Waals surface area contributed by atoms with Crippen LogP contribution in [-0.2, 0) is 6.54 Å². The molecule has 0 aliphatic carbocycles. The lowest BCUT2D eigenvalue weighted by molar-refractivity contribution is 0.388. The Hall–Kier alpha value is -1.69. The standard InChI is InChI=1S/C12H16F2N4/c1-17(2)4-3-5-18-10-7-8(13)6-9(14)11(10)16-12(18)15/h6-7H,3-5H2,1-2H3,(H2,15,16). The summed E-state index contributed by atoms with van der Waals surface area (Å²) < 4.78 is 28.4. The van der Waals surface area contributed by atoms with Crippen molar-refractivity contribution in [2.45, 2.75) is 13.0 Å². The van der Waals surface area contributed by atoms with E-state index in [2.05, 4.69) is 4.98 Å². The Labute approximate surface area is 104 Å². The third-order valence-corrected chi connectivity index (χ3v) is 2.79. The second kappa shape index (κ2) is 4.89. The normalized spacial score (nSPS) is 11.6. The van der Waals surface area contributed by atoms with Crippen LogP contribution in [0.5, 0.6) is 0 Å². The summed E-state index contributed by atoms with van der Waals surface area (Å²) in [5, 5.41) is 0. The average molecular weight is 254 g/mol. The predicted molar refractivity (Wildman–Crippen MR) is 67.2 cm³/mol. The Balaban J connectivity index is 2.34. The van der Waals surface area contributed by atoms with Crippen molar-refractivity contribution in [3.8, 4) is 0 Å². The zero-order chi connectivity index (χ0) is 13.3. The number of aromatic nitrogens is 2. The van der Waals surface area contributed by atoms with Crippen LogP contribution in [0.1, 0.15) is 6.42 Å². The molecule has 0 aliphatic rings. The number of fused-ring (bicyclic) bond motifs is 1. The van der Waals surface area contributed by atoms with E-state index < -0.39 is 11.6 Å². The fraction of sp³-hybridized carbons (Fsp3) is 0.417. The maximum absolute atomic E-state index is 13.5. The van der Waals surface area contributed by atoms with Crippen LogP contribution in [-0.4, -0.2) is 35.1 Å². The molecule has 4 nitrogen and oxygen atoms in total. The summed E-state index contributed by atoms with van der Waals surface area (Å²) in [6, 6.07) is 2.08. The lowest BCUT2D eigenvalue weighted by atomic mass is 10.3. The molecule has 0 unspecified atom stereocenters. The largest absolute Gasteiger partial charge is 0.369 e. The average Bonchev–Trinajstić information content (AvgIpc) is 2.56. The van der Waals surface area contributed by atoms with Crippen molar-refractivity contribution in [3.05, 3.63) is 23.8 Å². The van der Waals surface area contributed by atoms with Gasteiger partial charge in [-0.15, -0.1) is 0 Å². The number of nitrogens with two attached hydrogens (primary N) is 1. The van der Waals surface area contributed by atoms with Crippen molar-refractivity contribution >= 4 is 17.0 Å². The van der Waals surface area contributed by atoms with Crippen LogP contribution in [0.25, 0.3) is 11.0 Å². The zero-order valence-electron chi connectivity index (χ0n) is 10.5. The Morgan fingerprint density at radius 1 is 1.33 bits per heavy atom.